The third-order valence-electron chi connectivity index (χ3n) is 5.53. The van der Waals surface area contributed by atoms with Crippen molar-refractivity contribution in [2.24, 2.45) is 10.2 Å². The summed E-state index contributed by atoms with van der Waals surface area (Å²) in [4.78, 5) is 22.2. The van der Waals surface area contributed by atoms with Gasteiger partial charge in [0.1, 0.15) is 0 Å². The van der Waals surface area contributed by atoms with Gasteiger partial charge in [-0.1, -0.05) is 42.5 Å². The van der Waals surface area contributed by atoms with Gasteiger partial charge in [-0.3, -0.25) is 14.9 Å². The zero-order valence-corrected chi connectivity index (χ0v) is 18.7. The summed E-state index contributed by atoms with van der Waals surface area (Å²) < 4.78 is 0. The minimum atomic E-state index is -1.03. The molecule has 33 heavy (non-hydrogen) atoms. The lowest BCUT2D eigenvalue weighted by Gasteiger charge is -2.46. The van der Waals surface area contributed by atoms with Gasteiger partial charge in [0.25, 0.3) is 5.69 Å². The summed E-state index contributed by atoms with van der Waals surface area (Å²) >= 11 is 1.31. The van der Waals surface area contributed by atoms with Crippen LogP contribution >= 0.6 is 11.8 Å². The largest absolute Gasteiger partial charge is 0.292 e. The summed E-state index contributed by atoms with van der Waals surface area (Å²) in [7, 11) is 0. The van der Waals surface area contributed by atoms with E-state index >= 15 is 0 Å². The van der Waals surface area contributed by atoms with Crippen molar-refractivity contribution in [3.8, 4) is 0 Å². The van der Waals surface area contributed by atoms with Gasteiger partial charge in [-0.25, -0.2) is 10.0 Å². The Morgan fingerprint density at radius 1 is 0.909 bits per heavy atom. The van der Waals surface area contributed by atoms with Crippen LogP contribution in [0.2, 0.25) is 0 Å². The fourth-order valence-corrected chi connectivity index (χ4v) is 5.31. The maximum atomic E-state index is 12.5. The SMILES string of the molecule is CC(=O)C1=NN(c2ccc([N+](=O)[O-])cc2)C2(S1)c1ccccc1C(C)=NN2c1ccccc1. The Balaban J connectivity index is 1.78. The molecule has 0 aromatic heterocycles. The second-order valence-corrected chi connectivity index (χ2v) is 8.80. The quantitative estimate of drug-likeness (QED) is 0.400. The van der Waals surface area contributed by atoms with E-state index < -0.39 is 9.92 Å². The monoisotopic (exact) mass is 457 g/mol. The molecule has 0 saturated carbocycles. The number of carbonyl (C=O) groups excluding carboxylic acids is 1. The molecule has 164 valence electrons. The average Bonchev–Trinajstić information content (AvgIpc) is 3.24. The molecule has 0 fully saturated rings. The number of para-hydroxylation sites is 1. The molecular weight excluding hydrogens is 438 g/mol. The molecule has 2 aliphatic heterocycles. The van der Waals surface area contributed by atoms with E-state index in [2.05, 4.69) is 0 Å². The molecule has 0 N–H and O–H groups in total. The number of nitro groups is 1. The van der Waals surface area contributed by atoms with Crippen LogP contribution in [-0.2, 0) is 9.79 Å². The van der Waals surface area contributed by atoms with Gasteiger partial charge in [0.2, 0.25) is 4.99 Å². The molecule has 2 heterocycles. The summed E-state index contributed by atoms with van der Waals surface area (Å²) in [5, 5.41) is 24.8. The van der Waals surface area contributed by atoms with Crippen LogP contribution in [0.4, 0.5) is 17.1 Å². The molecule has 1 atom stereocenters. The Morgan fingerprint density at radius 2 is 1.52 bits per heavy atom. The Kier molecular flexibility index (Phi) is 4.98. The Bertz CT molecular complexity index is 1320. The highest BCUT2D eigenvalue weighted by molar-refractivity contribution is 8.17. The lowest BCUT2D eigenvalue weighted by atomic mass is 9.98. The first-order valence-electron chi connectivity index (χ1n) is 10.3. The lowest BCUT2D eigenvalue weighted by molar-refractivity contribution is -0.384. The van der Waals surface area contributed by atoms with E-state index in [1.165, 1.54) is 30.8 Å². The number of non-ortho nitro benzene ring substituents is 1. The molecule has 1 spiro atoms. The zero-order valence-electron chi connectivity index (χ0n) is 17.9. The van der Waals surface area contributed by atoms with E-state index in [0.29, 0.717) is 10.7 Å². The number of benzene rings is 3. The number of anilines is 2. The number of rotatable bonds is 4. The highest BCUT2D eigenvalue weighted by Gasteiger charge is 2.55. The van der Waals surface area contributed by atoms with Crippen LogP contribution in [0.3, 0.4) is 0 Å². The van der Waals surface area contributed by atoms with Crippen LogP contribution < -0.4 is 10.0 Å². The van der Waals surface area contributed by atoms with Crippen molar-refractivity contribution in [3.05, 3.63) is 100 Å². The number of Topliss-reactive ketones (excluding diaryl/α,β-unsaturated/α-hetero) is 1. The summed E-state index contributed by atoms with van der Waals surface area (Å²) in [6, 6.07) is 23.7. The summed E-state index contributed by atoms with van der Waals surface area (Å²) in [6.45, 7) is 3.43. The number of nitrogens with zero attached hydrogens (tertiary/aromatic N) is 5. The molecule has 0 aliphatic carbocycles. The first kappa shape index (κ1) is 20.9. The number of ketones is 1. The zero-order chi connectivity index (χ0) is 23.2. The number of thioether (sulfide) groups is 1. The Labute approximate surface area is 194 Å². The third-order valence-corrected chi connectivity index (χ3v) is 6.94. The van der Waals surface area contributed by atoms with Crippen LogP contribution in [0.5, 0.6) is 0 Å². The number of hydrazone groups is 2. The number of fused-ring (bicyclic) bond motifs is 2. The van der Waals surface area contributed by atoms with Gasteiger partial charge in [-0.2, -0.15) is 10.2 Å². The van der Waals surface area contributed by atoms with Gasteiger partial charge in [0, 0.05) is 30.2 Å². The predicted octanol–water partition coefficient (Wildman–Crippen LogP) is 5.11. The number of carbonyl (C=O) groups is 1. The minimum Gasteiger partial charge on any atom is -0.292 e. The van der Waals surface area contributed by atoms with E-state index in [1.54, 1.807) is 17.1 Å². The van der Waals surface area contributed by atoms with E-state index in [4.69, 9.17) is 10.2 Å². The Morgan fingerprint density at radius 3 is 2.18 bits per heavy atom. The summed E-state index contributed by atoms with van der Waals surface area (Å²) in [6.07, 6.45) is 0. The molecule has 5 rings (SSSR count). The third kappa shape index (κ3) is 3.28. The molecule has 2 aliphatic rings. The lowest BCUT2D eigenvalue weighted by Crippen LogP contribution is -2.53. The standard InChI is InChI=1S/C24H19N5O3S/c1-16-21-10-6-7-11-22(21)24(27(25-16)18-8-4-3-5-9-18)28(26-23(33-24)17(2)30)19-12-14-20(15-13-19)29(31)32/h3-15H,1-2H3. The fourth-order valence-electron chi connectivity index (χ4n) is 4.02. The van der Waals surface area contributed by atoms with Gasteiger partial charge in [-0.15, -0.1) is 0 Å². The second kappa shape index (κ2) is 7.86. The van der Waals surface area contributed by atoms with Crippen molar-refractivity contribution in [1.29, 1.82) is 0 Å². The van der Waals surface area contributed by atoms with Crippen LogP contribution in [0, 0.1) is 10.1 Å². The normalized spacial score (nSPS) is 19.2. The Hall–Kier alpha value is -3.98. The van der Waals surface area contributed by atoms with Crippen molar-refractivity contribution in [2.75, 3.05) is 10.0 Å². The molecular formula is C24H19N5O3S. The van der Waals surface area contributed by atoms with Crippen LogP contribution in [0.1, 0.15) is 25.0 Å². The molecule has 3 aromatic carbocycles. The van der Waals surface area contributed by atoms with Crippen LogP contribution in [-0.4, -0.2) is 21.5 Å². The highest BCUT2D eigenvalue weighted by atomic mass is 32.2. The molecule has 0 radical (unpaired) electrons. The number of hydrogen-bond donors (Lipinski definition) is 0. The van der Waals surface area contributed by atoms with Crippen molar-refractivity contribution in [1.82, 2.24) is 0 Å². The van der Waals surface area contributed by atoms with Gasteiger partial charge in [0.05, 0.1) is 22.0 Å². The maximum absolute atomic E-state index is 12.5. The smallest absolute Gasteiger partial charge is 0.269 e. The molecule has 0 saturated heterocycles. The molecule has 0 amide bonds. The van der Waals surface area contributed by atoms with Crippen LogP contribution in [0.25, 0.3) is 0 Å². The molecule has 1 unspecified atom stereocenters. The molecule has 3 aromatic rings. The van der Waals surface area contributed by atoms with E-state index in [9.17, 15) is 14.9 Å². The van der Waals surface area contributed by atoms with Crippen LogP contribution in [0.15, 0.2) is 89.1 Å². The van der Waals surface area contributed by atoms with Gasteiger partial charge in [0.15, 0.2) is 10.8 Å². The van der Waals surface area contributed by atoms with E-state index in [0.717, 1.165) is 22.5 Å². The van der Waals surface area contributed by atoms with E-state index in [1.807, 2.05) is 66.5 Å². The topological polar surface area (TPSA) is 91.4 Å². The van der Waals surface area contributed by atoms with Crippen molar-refractivity contribution in [2.45, 2.75) is 18.8 Å². The fraction of sp³-hybridized carbons (Fsp3) is 0.125. The highest BCUT2D eigenvalue weighted by Crippen LogP contribution is 2.54. The van der Waals surface area contributed by atoms with Gasteiger partial charge in [-0.05, 0) is 43.0 Å². The second-order valence-electron chi connectivity index (χ2n) is 7.64. The summed E-state index contributed by atoms with van der Waals surface area (Å²) in [5.74, 6) is -0.166. The summed E-state index contributed by atoms with van der Waals surface area (Å²) in [5.41, 5.74) is 4.11. The van der Waals surface area contributed by atoms with Crippen molar-refractivity contribution >= 4 is 45.4 Å². The van der Waals surface area contributed by atoms with Crippen molar-refractivity contribution in [3.63, 3.8) is 0 Å². The first-order chi connectivity index (χ1) is 15.9. The van der Waals surface area contributed by atoms with Gasteiger partial charge >= 0.3 is 0 Å². The van der Waals surface area contributed by atoms with Crippen molar-refractivity contribution < 1.29 is 9.72 Å². The number of hydrogen-bond acceptors (Lipinski definition) is 8. The predicted molar refractivity (Wildman–Crippen MR) is 131 cm³/mol. The number of nitro benzene ring substituents is 1. The first-order valence-corrected chi connectivity index (χ1v) is 11.1. The van der Waals surface area contributed by atoms with Gasteiger partial charge < -0.3 is 0 Å². The maximum Gasteiger partial charge on any atom is 0.269 e. The molecule has 8 nitrogen and oxygen atoms in total. The van der Waals surface area contributed by atoms with E-state index in [-0.39, 0.29) is 11.5 Å². The average molecular weight is 458 g/mol. The molecule has 9 heteroatoms. The minimum absolute atomic E-state index is 0.0201. The molecule has 0 bridgehead atoms.